The molecule has 0 radical (unpaired) electrons. The number of hydrogen-bond donors (Lipinski definition) is 2. The van der Waals surface area contributed by atoms with Gasteiger partial charge < -0.3 is 14.9 Å². The zero-order chi connectivity index (χ0) is 19.6. The van der Waals surface area contributed by atoms with Crippen LogP contribution in [0.15, 0.2) is 48.5 Å². The van der Waals surface area contributed by atoms with Gasteiger partial charge in [-0.15, -0.1) is 13.2 Å². The molecule has 0 aliphatic carbocycles. The van der Waals surface area contributed by atoms with Gasteiger partial charge >= 0.3 is 12.3 Å². The van der Waals surface area contributed by atoms with E-state index in [0.717, 1.165) is 23.8 Å². The van der Waals surface area contributed by atoms with Crippen LogP contribution in [0.1, 0.15) is 21.6 Å². The Bertz CT molecular complexity index is 1030. The first-order chi connectivity index (χ1) is 12.7. The standard InChI is InChI=1S/C19H12F3NO4/c20-19(21,22)27-13-8-12(7-6-11-4-2-1-3-5-11)17-14(9-13)16(24)10-15(23-17)18(25)26/h1-10H,(H,23,24)(H,25,26)/b7-6+. The van der Waals surface area contributed by atoms with Gasteiger partial charge in [0.05, 0.1) is 5.52 Å². The van der Waals surface area contributed by atoms with Gasteiger partial charge in [0.15, 0.2) is 5.69 Å². The van der Waals surface area contributed by atoms with Gasteiger partial charge in [0.25, 0.3) is 0 Å². The predicted molar refractivity (Wildman–Crippen MR) is 92.4 cm³/mol. The highest BCUT2D eigenvalue weighted by atomic mass is 19.4. The number of pyridine rings is 1. The van der Waals surface area contributed by atoms with Crippen LogP contribution in [0.25, 0.3) is 23.1 Å². The highest BCUT2D eigenvalue weighted by Gasteiger charge is 2.31. The Morgan fingerprint density at radius 2 is 1.78 bits per heavy atom. The zero-order valence-corrected chi connectivity index (χ0v) is 13.6. The van der Waals surface area contributed by atoms with Crippen molar-refractivity contribution < 1.29 is 32.9 Å². The van der Waals surface area contributed by atoms with Crippen LogP contribution in [0, 0.1) is 0 Å². The van der Waals surface area contributed by atoms with Crippen LogP contribution < -0.4 is 4.74 Å². The fourth-order valence-electron chi connectivity index (χ4n) is 2.49. The van der Waals surface area contributed by atoms with Gasteiger partial charge in [-0.25, -0.2) is 9.78 Å². The molecular weight excluding hydrogens is 363 g/mol. The van der Waals surface area contributed by atoms with E-state index in [-0.39, 0.29) is 16.5 Å². The number of carbonyl (C=O) groups is 1. The number of halogens is 3. The average Bonchev–Trinajstić information content (AvgIpc) is 2.59. The number of aromatic carboxylic acids is 1. The SMILES string of the molecule is O=C(O)c1cc(O)c2cc(OC(F)(F)F)cc(/C=C/c3ccccc3)c2n1. The smallest absolute Gasteiger partial charge is 0.507 e. The summed E-state index contributed by atoms with van der Waals surface area (Å²) in [5.41, 5.74) is 0.536. The number of aromatic hydroxyl groups is 1. The highest BCUT2D eigenvalue weighted by Crippen LogP contribution is 2.34. The number of nitrogens with zero attached hydrogens (tertiary/aromatic N) is 1. The topological polar surface area (TPSA) is 79.7 Å². The van der Waals surface area contributed by atoms with Gasteiger partial charge in [0, 0.05) is 17.0 Å². The second-order valence-electron chi connectivity index (χ2n) is 5.53. The first-order valence-corrected chi connectivity index (χ1v) is 7.63. The molecule has 3 aromatic rings. The van der Waals surface area contributed by atoms with Crippen molar-refractivity contribution in [1.29, 1.82) is 0 Å². The Labute approximate surface area is 151 Å². The number of alkyl halides is 3. The molecule has 138 valence electrons. The lowest BCUT2D eigenvalue weighted by Crippen LogP contribution is -2.17. The van der Waals surface area contributed by atoms with Crippen molar-refractivity contribution in [1.82, 2.24) is 4.98 Å². The lowest BCUT2D eigenvalue weighted by Gasteiger charge is -2.12. The maximum Gasteiger partial charge on any atom is 0.573 e. The van der Waals surface area contributed by atoms with Crippen LogP contribution in [0.5, 0.6) is 11.5 Å². The minimum Gasteiger partial charge on any atom is -0.507 e. The summed E-state index contributed by atoms with van der Waals surface area (Å²) in [6, 6.07) is 11.8. The lowest BCUT2D eigenvalue weighted by atomic mass is 10.1. The van der Waals surface area contributed by atoms with E-state index in [2.05, 4.69) is 9.72 Å². The third-order valence-corrected chi connectivity index (χ3v) is 3.60. The molecule has 0 spiro atoms. The largest absolute Gasteiger partial charge is 0.573 e. The molecule has 2 N–H and O–H groups in total. The maximum absolute atomic E-state index is 12.6. The van der Waals surface area contributed by atoms with Crippen LogP contribution >= 0.6 is 0 Å². The van der Waals surface area contributed by atoms with E-state index >= 15 is 0 Å². The molecule has 0 bridgehead atoms. The zero-order valence-electron chi connectivity index (χ0n) is 13.6. The number of aromatic nitrogens is 1. The summed E-state index contributed by atoms with van der Waals surface area (Å²) < 4.78 is 41.7. The maximum atomic E-state index is 12.6. The van der Waals surface area contributed by atoms with Gasteiger partial charge in [-0.2, -0.15) is 0 Å². The Balaban J connectivity index is 2.20. The van der Waals surface area contributed by atoms with Crippen molar-refractivity contribution in [3.8, 4) is 11.5 Å². The molecule has 2 aromatic carbocycles. The molecule has 0 atom stereocenters. The molecule has 0 unspecified atom stereocenters. The second-order valence-corrected chi connectivity index (χ2v) is 5.53. The van der Waals surface area contributed by atoms with Crippen LogP contribution in [0.4, 0.5) is 13.2 Å². The number of ether oxygens (including phenoxy) is 1. The fourth-order valence-corrected chi connectivity index (χ4v) is 2.49. The third kappa shape index (κ3) is 4.35. The quantitative estimate of drug-likeness (QED) is 0.646. The van der Waals surface area contributed by atoms with E-state index < -0.39 is 29.5 Å². The molecule has 0 saturated carbocycles. The van der Waals surface area contributed by atoms with Crippen LogP contribution in [0.2, 0.25) is 0 Å². The molecule has 27 heavy (non-hydrogen) atoms. The molecule has 1 heterocycles. The van der Waals surface area contributed by atoms with Gasteiger partial charge in [-0.3, -0.25) is 0 Å². The van der Waals surface area contributed by atoms with Gasteiger partial charge in [0.2, 0.25) is 0 Å². The molecule has 1 aromatic heterocycles. The molecule has 0 aliphatic rings. The van der Waals surface area contributed by atoms with Crippen molar-refractivity contribution in [2.75, 3.05) is 0 Å². The summed E-state index contributed by atoms with van der Waals surface area (Å²) in [6.07, 6.45) is -1.82. The molecule has 0 amide bonds. The second kappa shape index (κ2) is 6.99. The third-order valence-electron chi connectivity index (χ3n) is 3.60. The Morgan fingerprint density at radius 1 is 1.07 bits per heavy atom. The fraction of sp³-hybridized carbons (Fsp3) is 0.0526. The lowest BCUT2D eigenvalue weighted by molar-refractivity contribution is -0.274. The molecule has 3 rings (SSSR count). The van der Waals surface area contributed by atoms with E-state index in [1.807, 2.05) is 6.07 Å². The summed E-state index contributed by atoms with van der Waals surface area (Å²) in [6.45, 7) is 0. The molecule has 0 saturated heterocycles. The van der Waals surface area contributed by atoms with Crippen molar-refractivity contribution in [2.45, 2.75) is 6.36 Å². The van der Waals surface area contributed by atoms with Crippen molar-refractivity contribution in [2.24, 2.45) is 0 Å². The monoisotopic (exact) mass is 375 g/mol. The number of carboxylic acid groups (broad SMARTS) is 1. The first-order valence-electron chi connectivity index (χ1n) is 7.63. The minimum absolute atomic E-state index is 0.0362. The first kappa shape index (κ1) is 18.2. The number of carboxylic acids is 1. The van der Waals surface area contributed by atoms with Crippen molar-refractivity contribution >= 4 is 29.0 Å². The van der Waals surface area contributed by atoms with Gasteiger partial charge in [-0.1, -0.05) is 42.5 Å². The van der Waals surface area contributed by atoms with Crippen LogP contribution in [-0.2, 0) is 0 Å². The predicted octanol–water partition coefficient (Wildman–Crippen LogP) is 4.71. The normalized spacial score (nSPS) is 11.8. The summed E-state index contributed by atoms with van der Waals surface area (Å²) in [7, 11) is 0. The summed E-state index contributed by atoms with van der Waals surface area (Å²) >= 11 is 0. The summed E-state index contributed by atoms with van der Waals surface area (Å²) in [5, 5.41) is 19.1. The van der Waals surface area contributed by atoms with E-state index in [1.54, 1.807) is 30.3 Å². The van der Waals surface area contributed by atoms with E-state index in [1.165, 1.54) is 6.08 Å². The molecule has 5 nitrogen and oxygen atoms in total. The van der Waals surface area contributed by atoms with E-state index in [9.17, 15) is 23.1 Å². The molecule has 0 fully saturated rings. The Hall–Kier alpha value is -3.55. The van der Waals surface area contributed by atoms with Crippen LogP contribution in [-0.4, -0.2) is 27.5 Å². The van der Waals surface area contributed by atoms with Gasteiger partial charge in [0.1, 0.15) is 11.5 Å². The summed E-state index contributed by atoms with van der Waals surface area (Å²) in [5.74, 6) is -2.44. The average molecular weight is 375 g/mol. The Kier molecular flexibility index (Phi) is 4.72. The van der Waals surface area contributed by atoms with Crippen molar-refractivity contribution in [3.05, 3.63) is 65.4 Å². The molecule has 8 heteroatoms. The number of fused-ring (bicyclic) bond motifs is 1. The molecule has 0 aliphatic heterocycles. The summed E-state index contributed by atoms with van der Waals surface area (Å²) in [4.78, 5) is 15.1. The number of hydrogen-bond acceptors (Lipinski definition) is 4. The number of rotatable bonds is 4. The van der Waals surface area contributed by atoms with Gasteiger partial charge in [-0.05, 0) is 17.7 Å². The highest BCUT2D eigenvalue weighted by molar-refractivity contribution is 5.98. The van der Waals surface area contributed by atoms with E-state index in [0.29, 0.717) is 0 Å². The van der Waals surface area contributed by atoms with Crippen molar-refractivity contribution in [3.63, 3.8) is 0 Å². The minimum atomic E-state index is -4.92. The molecular formula is C19H12F3NO4. The number of benzene rings is 2. The Morgan fingerprint density at radius 3 is 2.41 bits per heavy atom. The van der Waals surface area contributed by atoms with Crippen LogP contribution in [0.3, 0.4) is 0 Å². The van der Waals surface area contributed by atoms with E-state index in [4.69, 9.17) is 5.11 Å².